The lowest BCUT2D eigenvalue weighted by molar-refractivity contribution is -0.139. The summed E-state index contributed by atoms with van der Waals surface area (Å²) < 4.78 is 13.8. The molecule has 2 saturated heterocycles. The van der Waals surface area contributed by atoms with E-state index in [0.29, 0.717) is 12.0 Å². The van der Waals surface area contributed by atoms with Gasteiger partial charge in [0.2, 0.25) is 11.8 Å². The second kappa shape index (κ2) is 8.10. The largest absolute Gasteiger partial charge is 0.369 e. The van der Waals surface area contributed by atoms with E-state index in [9.17, 15) is 14.0 Å². The smallest absolute Gasteiger partial charge is 0.247 e. The molecule has 0 radical (unpaired) electrons. The van der Waals surface area contributed by atoms with Crippen LogP contribution in [0.1, 0.15) is 12.0 Å². The van der Waals surface area contributed by atoms with Crippen LogP contribution >= 0.6 is 0 Å². The maximum atomic E-state index is 13.8. The van der Waals surface area contributed by atoms with Gasteiger partial charge in [-0.05, 0) is 30.2 Å². The van der Waals surface area contributed by atoms with Gasteiger partial charge in [-0.2, -0.15) is 0 Å². The fraction of sp³-hybridized carbons (Fsp3) is 0.364. The number of carbonyl (C=O) groups excluding carboxylic acids is 2. The van der Waals surface area contributed by atoms with Crippen molar-refractivity contribution >= 4 is 17.5 Å². The lowest BCUT2D eigenvalue weighted by Crippen LogP contribution is -2.52. The van der Waals surface area contributed by atoms with Crippen molar-refractivity contribution in [1.82, 2.24) is 9.80 Å². The highest BCUT2D eigenvalue weighted by Gasteiger charge is 2.42. The Morgan fingerprint density at radius 1 is 0.893 bits per heavy atom. The summed E-state index contributed by atoms with van der Waals surface area (Å²) in [6.07, 6.45) is 0.570. The van der Waals surface area contributed by atoms with Crippen LogP contribution in [0.3, 0.4) is 0 Å². The predicted molar refractivity (Wildman–Crippen MR) is 105 cm³/mol. The molecule has 28 heavy (non-hydrogen) atoms. The van der Waals surface area contributed by atoms with Gasteiger partial charge in [-0.1, -0.05) is 36.4 Å². The molecule has 2 amide bonds. The van der Waals surface area contributed by atoms with Crippen molar-refractivity contribution in [3.63, 3.8) is 0 Å². The molecule has 2 aliphatic rings. The minimum absolute atomic E-state index is 0.144. The van der Waals surface area contributed by atoms with E-state index in [0.717, 1.165) is 26.2 Å². The zero-order chi connectivity index (χ0) is 19.5. The molecule has 4 rings (SSSR count). The van der Waals surface area contributed by atoms with Gasteiger partial charge in [-0.15, -0.1) is 0 Å². The first-order valence-electron chi connectivity index (χ1n) is 9.75. The second-order valence-corrected chi connectivity index (χ2v) is 7.30. The molecule has 1 atom stereocenters. The van der Waals surface area contributed by atoms with E-state index in [4.69, 9.17) is 0 Å². The molecule has 0 spiro atoms. The molecule has 6 heteroatoms. The van der Waals surface area contributed by atoms with Gasteiger partial charge in [0.05, 0.1) is 12.5 Å². The lowest BCUT2D eigenvalue weighted by atomic mass is 10.1. The highest BCUT2D eigenvalue weighted by Crippen LogP contribution is 2.23. The van der Waals surface area contributed by atoms with E-state index >= 15 is 0 Å². The Balaban J connectivity index is 1.35. The predicted octanol–water partition coefficient (Wildman–Crippen LogP) is 2.32. The van der Waals surface area contributed by atoms with Gasteiger partial charge in [-0.25, -0.2) is 4.39 Å². The molecule has 0 bridgehead atoms. The number of hydrogen-bond donors (Lipinski definition) is 0. The number of para-hydroxylation sites is 1. The lowest BCUT2D eigenvalue weighted by Gasteiger charge is -2.38. The molecule has 0 aliphatic carbocycles. The Bertz CT molecular complexity index is 850. The standard InChI is InChI=1S/C22H24FN3O2/c23-19-9-5-4-6-17(19)10-11-26-21(27)16-20(22(26)28)25-14-12-24(13-15-25)18-7-2-1-3-8-18/h1-9,20H,10-16H2. The fourth-order valence-corrected chi connectivity index (χ4v) is 4.05. The highest BCUT2D eigenvalue weighted by atomic mass is 19.1. The molecular weight excluding hydrogens is 357 g/mol. The van der Waals surface area contributed by atoms with Crippen molar-refractivity contribution < 1.29 is 14.0 Å². The summed E-state index contributed by atoms with van der Waals surface area (Å²) in [4.78, 5) is 31.0. The Morgan fingerprint density at radius 2 is 1.57 bits per heavy atom. The summed E-state index contributed by atoms with van der Waals surface area (Å²) >= 11 is 0. The molecule has 0 saturated carbocycles. The van der Waals surface area contributed by atoms with Gasteiger partial charge in [0, 0.05) is 38.4 Å². The number of likely N-dealkylation sites (tertiary alicyclic amines) is 1. The number of piperazine rings is 1. The fourth-order valence-electron chi connectivity index (χ4n) is 4.05. The molecule has 1 unspecified atom stereocenters. The normalized spacial score (nSPS) is 20.8. The second-order valence-electron chi connectivity index (χ2n) is 7.30. The van der Waals surface area contributed by atoms with Crippen molar-refractivity contribution in [3.8, 4) is 0 Å². The molecule has 0 aromatic heterocycles. The third-order valence-corrected chi connectivity index (χ3v) is 5.66. The van der Waals surface area contributed by atoms with Gasteiger partial charge in [0.15, 0.2) is 0 Å². The summed E-state index contributed by atoms with van der Waals surface area (Å²) in [5.41, 5.74) is 1.71. The van der Waals surface area contributed by atoms with Crippen LogP contribution in [0.2, 0.25) is 0 Å². The Labute approximate surface area is 164 Å². The maximum absolute atomic E-state index is 13.8. The van der Waals surface area contributed by atoms with E-state index < -0.39 is 0 Å². The van der Waals surface area contributed by atoms with Gasteiger partial charge in [0.1, 0.15) is 5.82 Å². The molecule has 2 fully saturated rings. The topological polar surface area (TPSA) is 43.9 Å². The van der Waals surface area contributed by atoms with Crippen molar-refractivity contribution in [2.75, 3.05) is 37.6 Å². The summed E-state index contributed by atoms with van der Waals surface area (Å²) in [6.45, 7) is 3.40. The zero-order valence-corrected chi connectivity index (χ0v) is 15.8. The van der Waals surface area contributed by atoms with E-state index in [1.54, 1.807) is 18.2 Å². The number of anilines is 1. The number of amides is 2. The van der Waals surface area contributed by atoms with Crippen LogP contribution in [-0.4, -0.2) is 60.4 Å². The summed E-state index contributed by atoms with van der Waals surface area (Å²) in [7, 11) is 0. The van der Waals surface area contributed by atoms with Crippen molar-refractivity contribution in [3.05, 3.63) is 66.0 Å². The number of hydrogen-bond acceptors (Lipinski definition) is 4. The first-order chi connectivity index (χ1) is 13.6. The van der Waals surface area contributed by atoms with Crippen LogP contribution in [0.4, 0.5) is 10.1 Å². The highest BCUT2D eigenvalue weighted by molar-refractivity contribution is 6.05. The van der Waals surface area contributed by atoms with Crippen molar-refractivity contribution in [2.24, 2.45) is 0 Å². The number of imide groups is 1. The molecule has 2 heterocycles. The Morgan fingerprint density at radius 3 is 2.29 bits per heavy atom. The summed E-state index contributed by atoms with van der Waals surface area (Å²) in [6, 6.07) is 16.3. The van der Waals surface area contributed by atoms with Crippen LogP contribution in [0.5, 0.6) is 0 Å². The van der Waals surface area contributed by atoms with Crippen LogP contribution < -0.4 is 4.90 Å². The first kappa shape index (κ1) is 18.6. The number of nitrogens with zero attached hydrogens (tertiary/aromatic N) is 3. The van der Waals surface area contributed by atoms with E-state index in [2.05, 4.69) is 21.9 Å². The minimum atomic E-state index is -0.383. The molecule has 2 aromatic rings. The molecule has 2 aliphatic heterocycles. The maximum Gasteiger partial charge on any atom is 0.247 e. The third kappa shape index (κ3) is 3.78. The van der Waals surface area contributed by atoms with Crippen molar-refractivity contribution in [1.29, 1.82) is 0 Å². The quantitative estimate of drug-likeness (QED) is 0.746. The molecule has 146 valence electrons. The van der Waals surface area contributed by atoms with Crippen LogP contribution in [0.25, 0.3) is 0 Å². The monoisotopic (exact) mass is 381 g/mol. The molecule has 5 nitrogen and oxygen atoms in total. The first-order valence-corrected chi connectivity index (χ1v) is 9.75. The Kier molecular flexibility index (Phi) is 5.39. The number of rotatable bonds is 5. The third-order valence-electron chi connectivity index (χ3n) is 5.66. The number of carbonyl (C=O) groups is 2. The number of benzene rings is 2. The van der Waals surface area contributed by atoms with Gasteiger partial charge in [0.25, 0.3) is 0 Å². The summed E-state index contributed by atoms with van der Waals surface area (Å²) in [5, 5.41) is 0. The van der Waals surface area contributed by atoms with E-state index in [1.807, 2.05) is 18.2 Å². The van der Waals surface area contributed by atoms with Gasteiger partial charge < -0.3 is 4.90 Å². The Hall–Kier alpha value is -2.73. The van der Waals surface area contributed by atoms with Gasteiger partial charge >= 0.3 is 0 Å². The van der Waals surface area contributed by atoms with Crippen LogP contribution in [0, 0.1) is 5.82 Å². The molecule has 0 N–H and O–H groups in total. The van der Waals surface area contributed by atoms with Crippen LogP contribution in [0.15, 0.2) is 54.6 Å². The average Bonchev–Trinajstić information content (AvgIpc) is 3.02. The SMILES string of the molecule is O=C1CC(N2CCN(c3ccccc3)CC2)C(=O)N1CCc1ccccc1F. The zero-order valence-electron chi connectivity index (χ0n) is 15.8. The van der Waals surface area contributed by atoms with Crippen LogP contribution in [-0.2, 0) is 16.0 Å². The van der Waals surface area contributed by atoms with E-state index in [-0.39, 0.29) is 36.6 Å². The molecule has 2 aromatic carbocycles. The number of halogens is 1. The van der Waals surface area contributed by atoms with Crippen molar-refractivity contribution in [2.45, 2.75) is 18.9 Å². The minimum Gasteiger partial charge on any atom is -0.369 e. The van der Waals surface area contributed by atoms with E-state index in [1.165, 1.54) is 16.7 Å². The summed E-state index contributed by atoms with van der Waals surface area (Å²) in [5.74, 6) is -0.596. The molecular formula is C22H24FN3O2. The average molecular weight is 381 g/mol. The van der Waals surface area contributed by atoms with Gasteiger partial charge in [-0.3, -0.25) is 19.4 Å².